The van der Waals surface area contributed by atoms with Crippen molar-refractivity contribution < 1.29 is 20.6 Å². The van der Waals surface area contributed by atoms with E-state index in [4.69, 9.17) is 8.22 Å². The molecule has 0 heterocycles. The van der Waals surface area contributed by atoms with Crippen LogP contribution in [0.4, 0.5) is 17.1 Å². The SMILES string of the molecule is [2H]c1c([2H])c([2H])c2c(c1[2H])-c1c([2H])c([2H])c([2H])c([2H])c1C21c2c([2H])c([2H])c([2H])c([2H])c2-c2c(N(c3ccc(-c4ccccc4)cc3)c3ccc4c(c3)C(C)(C)c3ccccc3-4)c([2H])c([2H])c([2H])c21. The third-order valence-corrected chi connectivity index (χ3v) is 11.2. The van der Waals surface area contributed by atoms with Crippen LogP contribution in [0.3, 0.4) is 0 Å². The number of benzene rings is 8. The molecule has 0 saturated heterocycles. The number of fused-ring (bicyclic) bond motifs is 13. The second-order valence-electron chi connectivity index (χ2n) is 14.1. The quantitative estimate of drug-likeness (QED) is 0.178. The normalized spacial score (nSPS) is 18.5. The van der Waals surface area contributed by atoms with Crippen LogP contribution >= 0.6 is 0 Å². The third kappa shape index (κ3) is 4.02. The highest BCUT2D eigenvalue weighted by molar-refractivity contribution is 6.01. The van der Waals surface area contributed by atoms with Crippen molar-refractivity contribution in [2.45, 2.75) is 24.7 Å². The molecule has 1 spiro atoms. The van der Waals surface area contributed by atoms with Crippen molar-refractivity contribution in [2.24, 2.45) is 0 Å². The van der Waals surface area contributed by atoms with Gasteiger partial charge in [-0.3, -0.25) is 0 Å². The Morgan fingerprint density at radius 2 is 0.962 bits per heavy atom. The molecule has 0 radical (unpaired) electrons. The van der Waals surface area contributed by atoms with E-state index in [0.717, 1.165) is 33.4 Å². The molecule has 0 aliphatic heterocycles. The minimum absolute atomic E-state index is 0.0819. The molecule has 8 aromatic rings. The maximum atomic E-state index is 9.95. The zero-order valence-electron chi connectivity index (χ0n) is 43.7. The molecule has 3 aliphatic rings. The zero-order valence-corrected chi connectivity index (χ0v) is 28.7. The minimum Gasteiger partial charge on any atom is -0.310 e. The van der Waals surface area contributed by atoms with Gasteiger partial charge in [0.25, 0.3) is 0 Å². The largest absolute Gasteiger partial charge is 0.310 e. The first-order chi connectivity index (χ1) is 32.3. The Morgan fingerprint density at radius 1 is 0.415 bits per heavy atom. The molecule has 0 aromatic heterocycles. The lowest BCUT2D eigenvalue weighted by atomic mass is 9.70. The highest BCUT2D eigenvalue weighted by atomic mass is 15.1. The van der Waals surface area contributed by atoms with E-state index < -0.39 is 101 Å². The molecule has 53 heavy (non-hydrogen) atoms. The third-order valence-electron chi connectivity index (χ3n) is 11.2. The van der Waals surface area contributed by atoms with Gasteiger partial charge in [0.2, 0.25) is 0 Å². The van der Waals surface area contributed by atoms with Gasteiger partial charge in [-0.15, -0.1) is 0 Å². The summed E-state index contributed by atoms with van der Waals surface area (Å²) in [6, 6.07) is 20.9. The van der Waals surface area contributed by atoms with Crippen LogP contribution in [0.15, 0.2) is 188 Å². The molecule has 8 aromatic carbocycles. The van der Waals surface area contributed by atoms with Crippen molar-refractivity contribution in [3.05, 3.63) is 221 Å². The molecule has 0 fully saturated rings. The first-order valence-corrected chi connectivity index (χ1v) is 17.5. The van der Waals surface area contributed by atoms with Crippen LogP contribution in [0.5, 0.6) is 0 Å². The van der Waals surface area contributed by atoms with Crippen LogP contribution < -0.4 is 4.90 Å². The number of hydrogen-bond acceptors (Lipinski definition) is 1. The molecular formula is C52H37N. The summed E-state index contributed by atoms with van der Waals surface area (Å²) in [5.41, 5.74) is 1.48. The smallest absolute Gasteiger partial charge is 0.0726 e. The molecule has 0 unspecified atom stereocenters. The first-order valence-electron chi connectivity index (χ1n) is 25.0. The fourth-order valence-electron chi connectivity index (χ4n) is 8.85. The van der Waals surface area contributed by atoms with E-state index in [2.05, 4.69) is 26.0 Å². The van der Waals surface area contributed by atoms with Gasteiger partial charge in [-0.25, -0.2) is 0 Å². The van der Waals surface area contributed by atoms with Crippen molar-refractivity contribution in [1.82, 2.24) is 0 Å². The number of rotatable bonds is 4. The van der Waals surface area contributed by atoms with Crippen molar-refractivity contribution >= 4 is 17.1 Å². The number of hydrogen-bond donors (Lipinski definition) is 0. The summed E-state index contributed by atoms with van der Waals surface area (Å²) in [4.78, 5) is 1.72. The van der Waals surface area contributed by atoms with E-state index in [1.54, 1.807) is 4.90 Å². The topological polar surface area (TPSA) is 3.24 Å². The van der Waals surface area contributed by atoms with Gasteiger partial charge in [-0.05, 0) is 103 Å². The van der Waals surface area contributed by atoms with Crippen molar-refractivity contribution in [3.8, 4) is 44.5 Å². The maximum Gasteiger partial charge on any atom is 0.0726 e. The standard InChI is InChI=1S/C52H37N/c1-51(2)43-21-10-6-17-38(43)41-32-31-37(33-48(41)51)53(36-29-27-35(28-30-36)34-15-4-3-5-16-34)49-26-14-25-47-50(49)42-20-9-13-24-46(42)52(47)44-22-11-7-18-39(44)40-19-8-12-23-45(40)52/h3-33H,1-2H3/i7D,8D,9D,11D,12D,13D,14D,18D,19D,20D,22D,23D,24D,25D,26D. The lowest BCUT2D eigenvalue weighted by Crippen LogP contribution is -2.26. The van der Waals surface area contributed by atoms with Crippen molar-refractivity contribution in [3.63, 3.8) is 0 Å². The van der Waals surface area contributed by atoms with Gasteiger partial charge in [0, 0.05) is 22.4 Å². The predicted molar refractivity (Wildman–Crippen MR) is 220 cm³/mol. The highest BCUT2D eigenvalue weighted by Gasteiger charge is 2.52. The molecule has 0 amide bonds. The summed E-state index contributed by atoms with van der Waals surface area (Å²) in [6.07, 6.45) is 0. The molecule has 11 rings (SSSR count). The molecule has 0 atom stereocenters. The molecular weight excluding hydrogens is 639 g/mol. The summed E-state index contributed by atoms with van der Waals surface area (Å²) >= 11 is 0. The van der Waals surface area contributed by atoms with Gasteiger partial charge in [0.1, 0.15) is 0 Å². The van der Waals surface area contributed by atoms with Crippen LogP contribution in [0.1, 0.15) is 67.8 Å². The molecule has 0 bridgehead atoms. The molecule has 3 aliphatic carbocycles. The first kappa shape index (κ1) is 18.9. The van der Waals surface area contributed by atoms with E-state index in [9.17, 15) is 12.3 Å². The van der Waals surface area contributed by atoms with E-state index in [0.29, 0.717) is 11.4 Å². The summed E-state index contributed by atoms with van der Waals surface area (Å²) < 4.78 is 141. The number of anilines is 3. The van der Waals surface area contributed by atoms with Gasteiger partial charge in [0.05, 0.1) is 31.7 Å². The Labute approximate surface area is 332 Å². The molecule has 1 nitrogen and oxygen atoms in total. The second-order valence-corrected chi connectivity index (χ2v) is 14.1. The average molecular weight is 691 g/mol. The van der Waals surface area contributed by atoms with Crippen LogP contribution in [0.25, 0.3) is 44.5 Å². The molecule has 0 saturated carbocycles. The summed E-state index contributed by atoms with van der Waals surface area (Å²) in [7, 11) is 0. The Hall–Kier alpha value is -6.44. The van der Waals surface area contributed by atoms with Crippen LogP contribution in [-0.4, -0.2) is 0 Å². The molecule has 0 N–H and O–H groups in total. The Kier molecular flexibility index (Phi) is 3.93. The maximum absolute atomic E-state index is 9.95. The summed E-state index contributed by atoms with van der Waals surface area (Å²) in [5, 5.41) is 0. The second kappa shape index (κ2) is 11.0. The van der Waals surface area contributed by atoms with Crippen molar-refractivity contribution in [2.75, 3.05) is 4.90 Å². The van der Waals surface area contributed by atoms with Crippen LogP contribution in [0, 0.1) is 0 Å². The van der Waals surface area contributed by atoms with Gasteiger partial charge in [-0.2, -0.15) is 0 Å². The van der Waals surface area contributed by atoms with Crippen LogP contribution in [0.2, 0.25) is 0 Å². The van der Waals surface area contributed by atoms with E-state index in [1.165, 1.54) is 0 Å². The molecule has 1 heteroatoms. The Morgan fingerprint density at radius 3 is 1.68 bits per heavy atom. The Bertz CT molecular complexity index is 3530. The van der Waals surface area contributed by atoms with E-state index in [1.807, 2.05) is 84.9 Å². The van der Waals surface area contributed by atoms with Gasteiger partial charge in [-0.1, -0.05) is 171 Å². The lowest BCUT2D eigenvalue weighted by molar-refractivity contribution is 0.660. The van der Waals surface area contributed by atoms with Gasteiger partial charge in [0.15, 0.2) is 0 Å². The number of nitrogens with zero attached hydrogens (tertiary/aromatic N) is 1. The van der Waals surface area contributed by atoms with Gasteiger partial charge >= 0.3 is 0 Å². The zero-order chi connectivity index (χ0) is 48.4. The Balaban J connectivity index is 1.35. The lowest BCUT2D eigenvalue weighted by Gasteiger charge is -2.32. The minimum atomic E-state index is -2.46. The van der Waals surface area contributed by atoms with Crippen molar-refractivity contribution in [1.29, 1.82) is 0 Å². The average Bonchev–Trinajstić information content (AvgIpc) is 3.92. The van der Waals surface area contributed by atoms with E-state index in [-0.39, 0.29) is 50.2 Å². The van der Waals surface area contributed by atoms with Crippen LogP contribution in [-0.2, 0) is 10.8 Å². The summed E-state index contributed by atoms with van der Waals surface area (Å²) in [6.45, 7) is 4.22. The molecule has 250 valence electrons. The monoisotopic (exact) mass is 690 g/mol. The fourth-order valence-corrected chi connectivity index (χ4v) is 8.85. The van der Waals surface area contributed by atoms with E-state index >= 15 is 0 Å². The fraction of sp³-hybridized carbons (Fsp3) is 0.0769. The predicted octanol–water partition coefficient (Wildman–Crippen LogP) is 13.5. The summed E-state index contributed by atoms with van der Waals surface area (Å²) in [5.74, 6) is 0. The highest BCUT2D eigenvalue weighted by Crippen LogP contribution is 2.64. The van der Waals surface area contributed by atoms with Gasteiger partial charge < -0.3 is 4.90 Å².